The molecule has 32 heavy (non-hydrogen) atoms. The first-order chi connectivity index (χ1) is 15.7. The standard InChI is InChI=1S/C26H36N4O2/c1-2-30-23-11-10-21(18-22(23)24(28-30)25(31)29-14-6-7-15-29)27-19-26(12-16-32-17-13-26)20-8-4-3-5-9-20/h3-5,8-9,21,27H,2,6-7,10-19H2,1H3. The zero-order valence-corrected chi connectivity index (χ0v) is 19.3. The van der Waals surface area contributed by atoms with E-state index < -0.39 is 0 Å². The highest BCUT2D eigenvalue weighted by Crippen LogP contribution is 2.35. The van der Waals surface area contributed by atoms with Gasteiger partial charge in [-0.2, -0.15) is 5.10 Å². The first-order valence-electron chi connectivity index (χ1n) is 12.4. The molecule has 6 heteroatoms. The minimum Gasteiger partial charge on any atom is -0.381 e. The molecule has 1 unspecified atom stereocenters. The molecule has 0 saturated carbocycles. The number of amides is 1. The number of hydrogen-bond acceptors (Lipinski definition) is 4. The van der Waals surface area contributed by atoms with E-state index in [1.807, 2.05) is 4.90 Å². The molecule has 2 saturated heterocycles. The molecule has 1 aromatic carbocycles. The van der Waals surface area contributed by atoms with Crippen LogP contribution in [0.5, 0.6) is 0 Å². The lowest BCUT2D eigenvalue weighted by Crippen LogP contribution is -2.47. The highest BCUT2D eigenvalue weighted by molar-refractivity contribution is 5.94. The van der Waals surface area contributed by atoms with Gasteiger partial charge in [0.25, 0.3) is 5.91 Å². The first kappa shape index (κ1) is 21.7. The van der Waals surface area contributed by atoms with Gasteiger partial charge in [-0.1, -0.05) is 30.3 Å². The summed E-state index contributed by atoms with van der Waals surface area (Å²) in [6.07, 6.45) is 7.30. The summed E-state index contributed by atoms with van der Waals surface area (Å²) in [5, 5.41) is 8.70. The molecule has 2 fully saturated rings. The lowest BCUT2D eigenvalue weighted by molar-refractivity contribution is 0.0486. The van der Waals surface area contributed by atoms with Crippen LogP contribution in [0.15, 0.2) is 30.3 Å². The van der Waals surface area contributed by atoms with Gasteiger partial charge in [0.15, 0.2) is 5.69 Å². The van der Waals surface area contributed by atoms with E-state index >= 15 is 0 Å². The maximum absolute atomic E-state index is 13.2. The number of aromatic nitrogens is 2. The average Bonchev–Trinajstić information content (AvgIpc) is 3.52. The predicted octanol–water partition coefficient (Wildman–Crippen LogP) is 3.33. The van der Waals surface area contributed by atoms with E-state index in [1.165, 1.54) is 16.8 Å². The minimum absolute atomic E-state index is 0.127. The van der Waals surface area contributed by atoms with Crippen molar-refractivity contribution in [1.82, 2.24) is 20.0 Å². The molecule has 3 aliphatic rings. The first-order valence-corrected chi connectivity index (χ1v) is 12.4. The Hall–Kier alpha value is -2.18. The summed E-state index contributed by atoms with van der Waals surface area (Å²) in [7, 11) is 0. The van der Waals surface area contributed by atoms with Crippen molar-refractivity contribution in [1.29, 1.82) is 0 Å². The van der Waals surface area contributed by atoms with Crippen LogP contribution in [0.3, 0.4) is 0 Å². The molecule has 2 aromatic rings. The third kappa shape index (κ3) is 4.11. The van der Waals surface area contributed by atoms with Crippen molar-refractivity contribution in [2.75, 3.05) is 32.8 Å². The number of carbonyl (C=O) groups excluding carboxylic acids is 1. The summed E-state index contributed by atoms with van der Waals surface area (Å²) in [6.45, 7) is 7.29. The molecule has 172 valence electrons. The maximum Gasteiger partial charge on any atom is 0.274 e. The van der Waals surface area contributed by atoms with Crippen molar-refractivity contribution in [2.45, 2.75) is 69.9 Å². The average molecular weight is 437 g/mol. The van der Waals surface area contributed by atoms with Gasteiger partial charge in [0.2, 0.25) is 0 Å². The van der Waals surface area contributed by atoms with Gasteiger partial charge in [0.1, 0.15) is 0 Å². The molecule has 1 N–H and O–H groups in total. The Bertz CT molecular complexity index is 927. The molecule has 1 amide bonds. The number of fused-ring (bicyclic) bond motifs is 1. The van der Waals surface area contributed by atoms with E-state index in [4.69, 9.17) is 9.84 Å². The smallest absolute Gasteiger partial charge is 0.274 e. The number of rotatable bonds is 6. The molecule has 1 aromatic heterocycles. The second-order valence-corrected chi connectivity index (χ2v) is 9.67. The van der Waals surface area contributed by atoms with Gasteiger partial charge in [-0.15, -0.1) is 0 Å². The fraction of sp³-hybridized carbons (Fsp3) is 0.615. The summed E-state index contributed by atoms with van der Waals surface area (Å²) in [5.74, 6) is 0.136. The van der Waals surface area contributed by atoms with Crippen LogP contribution in [0.25, 0.3) is 0 Å². The molecule has 0 bridgehead atoms. The van der Waals surface area contributed by atoms with Crippen molar-refractivity contribution >= 4 is 5.91 Å². The van der Waals surface area contributed by atoms with E-state index in [1.54, 1.807) is 0 Å². The normalized spacial score (nSPS) is 22.7. The number of carbonyl (C=O) groups is 1. The SMILES string of the molecule is CCn1nc(C(=O)N2CCCC2)c2c1CCC(NCC1(c3ccccc3)CCOCC1)C2. The number of nitrogens with zero attached hydrogens (tertiary/aromatic N) is 3. The molecule has 0 spiro atoms. The van der Waals surface area contributed by atoms with Crippen LogP contribution in [-0.2, 0) is 29.5 Å². The Labute approximate surface area is 191 Å². The number of likely N-dealkylation sites (tertiary alicyclic amines) is 1. The molecule has 6 nitrogen and oxygen atoms in total. The Balaban J connectivity index is 1.33. The van der Waals surface area contributed by atoms with E-state index in [2.05, 4.69) is 47.3 Å². The molecule has 0 radical (unpaired) electrons. The molecule has 1 aliphatic carbocycles. The molecule has 3 heterocycles. The van der Waals surface area contributed by atoms with Gasteiger partial charge in [-0.3, -0.25) is 9.48 Å². The second-order valence-electron chi connectivity index (χ2n) is 9.67. The highest BCUT2D eigenvalue weighted by atomic mass is 16.5. The van der Waals surface area contributed by atoms with Crippen LogP contribution in [0, 0.1) is 0 Å². The second kappa shape index (κ2) is 9.36. The topological polar surface area (TPSA) is 59.4 Å². The molecular weight excluding hydrogens is 400 g/mol. The van der Waals surface area contributed by atoms with Gasteiger partial charge in [-0.25, -0.2) is 0 Å². The van der Waals surface area contributed by atoms with Gasteiger partial charge in [-0.05, 0) is 57.4 Å². The molecule has 2 aliphatic heterocycles. The predicted molar refractivity (Wildman–Crippen MR) is 125 cm³/mol. The van der Waals surface area contributed by atoms with E-state index in [-0.39, 0.29) is 11.3 Å². The molecule has 5 rings (SSSR count). The zero-order chi connectivity index (χ0) is 22.0. The minimum atomic E-state index is 0.127. The van der Waals surface area contributed by atoms with E-state index in [0.717, 1.165) is 84.3 Å². The van der Waals surface area contributed by atoms with Gasteiger partial charge >= 0.3 is 0 Å². The summed E-state index contributed by atoms with van der Waals surface area (Å²) in [6, 6.07) is 11.3. The monoisotopic (exact) mass is 436 g/mol. The number of nitrogens with one attached hydrogen (secondary N) is 1. The number of benzene rings is 1. The number of ether oxygens (including phenoxy) is 1. The maximum atomic E-state index is 13.2. The van der Waals surface area contributed by atoms with Gasteiger partial charge in [0, 0.05) is 62.1 Å². The Morgan fingerprint density at radius 3 is 2.66 bits per heavy atom. The zero-order valence-electron chi connectivity index (χ0n) is 19.3. The molecule has 1 atom stereocenters. The molecular formula is C26H36N4O2. The van der Waals surface area contributed by atoms with Crippen molar-refractivity contribution in [3.05, 3.63) is 52.8 Å². The van der Waals surface area contributed by atoms with Gasteiger partial charge < -0.3 is 15.0 Å². The van der Waals surface area contributed by atoms with Crippen LogP contribution in [-0.4, -0.2) is 59.5 Å². The van der Waals surface area contributed by atoms with Crippen LogP contribution < -0.4 is 5.32 Å². The fourth-order valence-electron chi connectivity index (χ4n) is 5.83. The third-order valence-corrected chi connectivity index (χ3v) is 7.81. The number of hydrogen-bond donors (Lipinski definition) is 1. The quantitative estimate of drug-likeness (QED) is 0.755. The number of aryl methyl sites for hydroxylation is 1. The van der Waals surface area contributed by atoms with Crippen LogP contribution in [0.4, 0.5) is 0 Å². The van der Waals surface area contributed by atoms with E-state index in [0.29, 0.717) is 11.7 Å². The lowest BCUT2D eigenvalue weighted by atomic mass is 9.73. The largest absolute Gasteiger partial charge is 0.381 e. The van der Waals surface area contributed by atoms with Crippen molar-refractivity contribution in [3.8, 4) is 0 Å². The lowest BCUT2D eigenvalue weighted by Gasteiger charge is -2.39. The van der Waals surface area contributed by atoms with Crippen LogP contribution >= 0.6 is 0 Å². The van der Waals surface area contributed by atoms with Gasteiger partial charge in [0.05, 0.1) is 0 Å². The van der Waals surface area contributed by atoms with Crippen LogP contribution in [0.2, 0.25) is 0 Å². The van der Waals surface area contributed by atoms with Crippen molar-refractivity contribution in [2.24, 2.45) is 0 Å². The summed E-state index contributed by atoms with van der Waals surface area (Å²) < 4.78 is 7.78. The highest BCUT2D eigenvalue weighted by Gasteiger charge is 2.36. The Morgan fingerprint density at radius 1 is 1.19 bits per heavy atom. The van der Waals surface area contributed by atoms with Crippen molar-refractivity contribution < 1.29 is 9.53 Å². The summed E-state index contributed by atoms with van der Waals surface area (Å²) in [5.41, 5.74) is 4.71. The summed E-state index contributed by atoms with van der Waals surface area (Å²) in [4.78, 5) is 15.2. The Morgan fingerprint density at radius 2 is 1.94 bits per heavy atom. The fourth-order valence-corrected chi connectivity index (χ4v) is 5.83. The third-order valence-electron chi connectivity index (χ3n) is 7.81. The summed E-state index contributed by atoms with van der Waals surface area (Å²) >= 11 is 0. The van der Waals surface area contributed by atoms with E-state index in [9.17, 15) is 4.79 Å². The van der Waals surface area contributed by atoms with Crippen molar-refractivity contribution in [3.63, 3.8) is 0 Å². The van der Waals surface area contributed by atoms with Crippen LogP contribution in [0.1, 0.15) is 66.3 Å². The Kier molecular flexibility index (Phi) is 6.33.